The van der Waals surface area contributed by atoms with Gasteiger partial charge >= 0.3 is 0 Å². The Hall–Kier alpha value is -1.38. The van der Waals surface area contributed by atoms with Gasteiger partial charge in [0.15, 0.2) is 0 Å². The fraction of sp³-hybridized carbons (Fsp3) is 0.333. The van der Waals surface area contributed by atoms with Gasteiger partial charge < -0.3 is 5.32 Å². The van der Waals surface area contributed by atoms with E-state index in [1.54, 1.807) is 0 Å². The summed E-state index contributed by atoms with van der Waals surface area (Å²) < 4.78 is 0. The van der Waals surface area contributed by atoms with Crippen molar-refractivity contribution in [2.24, 2.45) is 0 Å². The molecule has 0 aromatic heterocycles. The Balaban J connectivity index is 2.48. The second-order valence-electron chi connectivity index (χ2n) is 6.58. The van der Waals surface area contributed by atoms with Crippen LogP contribution in [0, 0.1) is 0 Å². The Kier molecular flexibility index (Phi) is 4.79. The van der Waals surface area contributed by atoms with Crippen molar-refractivity contribution in [3.05, 3.63) is 59.7 Å². The summed E-state index contributed by atoms with van der Waals surface area (Å²) in [7, 11) is 0.891. The maximum absolute atomic E-state index is 3.27. The third kappa shape index (κ3) is 3.81. The van der Waals surface area contributed by atoms with Gasteiger partial charge in [0.2, 0.25) is 0 Å². The second kappa shape index (κ2) is 6.38. The van der Waals surface area contributed by atoms with Crippen LogP contribution in [0.25, 0.3) is 11.1 Å². The zero-order chi connectivity index (χ0) is 14.6. The molecular weight excluding hydrogens is 258 g/mol. The first-order valence-corrected chi connectivity index (χ1v) is 11.0. The highest BCUT2D eigenvalue weighted by atomic mass is 28.3. The van der Waals surface area contributed by atoms with Crippen LogP contribution in [0.4, 0.5) is 0 Å². The first kappa shape index (κ1) is 15.0. The maximum atomic E-state index is 3.27. The normalized spacial score (nSPS) is 11.6. The summed E-state index contributed by atoms with van der Waals surface area (Å²) in [5.74, 6) is 0. The van der Waals surface area contributed by atoms with Crippen LogP contribution in [0.15, 0.2) is 48.5 Å². The van der Waals surface area contributed by atoms with Gasteiger partial charge in [0.1, 0.15) is 0 Å². The lowest BCUT2D eigenvalue weighted by Crippen LogP contribution is -2.24. The molecule has 2 rings (SSSR count). The maximum Gasteiger partial charge on any atom is 0.0487 e. The third-order valence-corrected chi connectivity index (χ3v) is 4.85. The molecule has 0 radical (unpaired) electrons. The van der Waals surface area contributed by atoms with Gasteiger partial charge in [0.25, 0.3) is 0 Å². The van der Waals surface area contributed by atoms with Crippen LogP contribution in [0.3, 0.4) is 0 Å². The molecule has 0 unspecified atom stereocenters. The Morgan fingerprint density at radius 2 is 1.30 bits per heavy atom. The van der Waals surface area contributed by atoms with Crippen molar-refractivity contribution in [3.63, 3.8) is 0 Å². The lowest BCUT2D eigenvalue weighted by Gasteiger charge is -2.20. The van der Waals surface area contributed by atoms with E-state index in [-0.39, 0.29) is 0 Å². The molecule has 0 aliphatic carbocycles. The van der Waals surface area contributed by atoms with E-state index in [2.05, 4.69) is 73.5 Å². The van der Waals surface area contributed by atoms with Crippen molar-refractivity contribution in [1.82, 2.24) is 5.32 Å². The summed E-state index contributed by atoms with van der Waals surface area (Å²) in [6.45, 7) is 8.22. The highest BCUT2D eigenvalue weighted by Gasteiger charge is 2.17. The van der Waals surface area contributed by atoms with Gasteiger partial charge in [-0.15, -0.1) is 0 Å². The van der Waals surface area contributed by atoms with Crippen molar-refractivity contribution in [3.8, 4) is 11.1 Å². The van der Waals surface area contributed by atoms with Gasteiger partial charge in [-0.3, -0.25) is 0 Å². The molecule has 0 aliphatic rings. The van der Waals surface area contributed by atoms with E-state index in [0.717, 1.165) is 6.54 Å². The summed E-state index contributed by atoms with van der Waals surface area (Å²) >= 11 is 0. The van der Waals surface area contributed by atoms with Crippen LogP contribution < -0.4 is 5.32 Å². The molecule has 0 amide bonds. The van der Waals surface area contributed by atoms with Crippen LogP contribution in [0.2, 0.25) is 19.6 Å². The molecule has 0 bridgehead atoms. The van der Waals surface area contributed by atoms with E-state index < -0.39 is 8.07 Å². The van der Waals surface area contributed by atoms with Gasteiger partial charge in [-0.25, -0.2) is 0 Å². The molecule has 2 heteroatoms. The molecular formula is C18H25NSi. The van der Waals surface area contributed by atoms with Crippen LogP contribution in [0.5, 0.6) is 0 Å². The zero-order valence-corrected chi connectivity index (χ0v) is 14.0. The summed E-state index contributed by atoms with van der Waals surface area (Å²) in [5, 5.41) is 3.27. The van der Waals surface area contributed by atoms with Crippen molar-refractivity contribution in [2.75, 3.05) is 7.05 Å². The molecule has 1 nitrogen and oxygen atoms in total. The van der Waals surface area contributed by atoms with Crippen molar-refractivity contribution in [2.45, 2.75) is 32.2 Å². The largest absolute Gasteiger partial charge is 0.316 e. The minimum atomic E-state index is -1.11. The van der Waals surface area contributed by atoms with Gasteiger partial charge in [-0.05, 0) is 35.3 Å². The van der Waals surface area contributed by atoms with Crippen molar-refractivity contribution >= 4 is 8.07 Å². The molecule has 0 atom stereocenters. The number of nitrogens with one attached hydrogen (secondary N) is 1. The number of hydrogen-bond donors (Lipinski definition) is 1. The number of hydrogen-bond acceptors (Lipinski definition) is 1. The summed E-state index contributed by atoms with van der Waals surface area (Å²) in [6.07, 6.45) is 0. The predicted molar refractivity (Wildman–Crippen MR) is 91.7 cm³/mol. The van der Waals surface area contributed by atoms with E-state index in [1.165, 1.54) is 28.3 Å². The van der Waals surface area contributed by atoms with E-state index in [4.69, 9.17) is 0 Å². The molecule has 0 saturated heterocycles. The van der Waals surface area contributed by atoms with E-state index in [9.17, 15) is 0 Å². The standard InChI is InChI=1S/C18H25NSi/c1-19-13-15-9-5-7-11-17(15)18-12-8-6-10-16(18)14-20(2,3)4/h5-12,19H,13-14H2,1-4H3. The number of rotatable bonds is 5. The van der Waals surface area contributed by atoms with Crippen LogP contribution in [0.1, 0.15) is 11.1 Å². The van der Waals surface area contributed by atoms with E-state index in [0.29, 0.717) is 0 Å². The molecule has 2 aromatic rings. The first-order chi connectivity index (χ1) is 9.51. The Morgan fingerprint density at radius 1 is 0.800 bits per heavy atom. The summed E-state index contributed by atoms with van der Waals surface area (Å²) in [6, 6.07) is 18.8. The lowest BCUT2D eigenvalue weighted by atomic mass is 9.96. The molecule has 0 heterocycles. The van der Waals surface area contributed by atoms with Crippen LogP contribution >= 0.6 is 0 Å². The van der Waals surface area contributed by atoms with Gasteiger partial charge in [-0.2, -0.15) is 0 Å². The molecule has 0 fully saturated rings. The van der Waals surface area contributed by atoms with Crippen molar-refractivity contribution in [1.29, 1.82) is 0 Å². The third-order valence-electron chi connectivity index (χ3n) is 3.41. The average Bonchev–Trinajstić information content (AvgIpc) is 2.39. The smallest absolute Gasteiger partial charge is 0.0487 e. The summed E-state index contributed by atoms with van der Waals surface area (Å²) in [5.41, 5.74) is 5.64. The number of benzene rings is 2. The molecule has 1 N–H and O–H groups in total. The zero-order valence-electron chi connectivity index (χ0n) is 13.0. The highest BCUT2D eigenvalue weighted by Crippen LogP contribution is 2.29. The van der Waals surface area contributed by atoms with E-state index in [1.807, 2.05) is 7.05 Å². The van der Waals surface area contributed by atoms with Crippen molar-refractivity contribution < 1.29 is 0 Å². The average molecular weight is 283 g/mol. The van der Waals surface area contributed by atoms with Crippen LogP contribution in [-0.2, 0) is 12.6 Å². The minimum Gasteiger partial charge on any atom is -0.316 e. The fourth-order valence-corrected chi connectivity index (χ4v) is 4.09. The molecule has 0 saturated carbocycles. The fourth-order valence-electron chi connectivity index (χ4n) is 2.64. The van der Waals surface area contributed by atoms with E-state index >= 15 is 0 Å². The molecule has 20 heavy (non-hydrogen) atoms. The molecule has 106 valence electrons. The van der Waals surface area contributed by atoms with Gasteiger partial charge in [0.05, 0.1) is 0 Å². The topological polar surface area (TPSA) is 12.0 Å². The van der Waals surface area contributed by atoms with Gasteiger partial charge in [-0.1, -0.05) is 68.2 Å². The monoisotopic (exact) mass is 283 g/mol. The molecule has 0 aliphatic heterocycles. The second-order valence-corrected chi connectivity index (χ2v) is 12.1. The Morgan fingerprint density at radius 3 is 1.85 bits per heavy atom. The summed E-state index contributed by atoms with van der Waals surface area (Å²) in [4.78, 5) is 0. The minimum absolute atomic E-state index is 0.914. The molecule has 2 aromatic carbocycles. The highest BCUT2D eigenvalue weighted by molar-refractivity contribution is 6.75. The Bertz CT molecular complexity index is 570. The predicted octanol–water partition coefficient (Wildman–Crippen LogP) is 4.49. The first-order valence-electron chi connectivity index (χ1n) is 7.32. The quantitative estimate of drug-likeness (QED) is 0.797. The SMILES string of the molecule is CNCc1ccccc1-c1ccccc1C[Si](C)(C)C. The van der Waals surface area contributed by atoms with Gasteiger partial charge in [0, 0.05) is 14.6 Å². The Labute approximate surface area is 124 Å². The molecule has 0 spiro atoms. The lowest BCUT2D eigenvalue weighted by molar-refractivity contribution is 0.819. The van der Waals surface area contributed by atoms with Crippen LogP contribution in [-0.4, -0.2) is 15.1 Å².